The van der Waals surface area contributed by atoms with Crippen molar-refractivity contribution in [3.05, 3.63) is 60.0 Å². The summed E-state index contributed by atoms with van der Waals surface area (Å²) in [6.45, 7) is 2.62. The molecule has 7 nitrogen and oxygen atoms in total. The summed E-state index contributed by atoms with van der Waals surface area (Å²) in [7, 11) is -2.01. The van der Waals surface area contributed by atoms with Gasteiger partial charge in [0.15, 0.2) is 5.82 Å². The van der Waals surface area contributed by atoms with Gasteiger partial charge >= 0.3 is 0 Å². The third-order valence-electron chi connectivity index (χ3n) is 3.46. The number of aryl methyl sites for hydroxylation is 2. The van der Waals surface area contributed by atoms with E-state index in [0.717, 1.165) is 5.56 Å². The van der Waals surface area contributed by atoms with Crippen molar-refractivity contribution >= 4 is 15.8 Å². The molecule has 0 radical (unpaired) electrons. The summed E-state index contributed by atoms with van der Waals surface area (Å²) in [6, 6.07) is 9.64. The zero-order valence-electron chi connectivity index (χ0n) is 12.8. The number of sulfonamides is 1. The van der Waals surface area contributed by atoms with Crippen molar-refractivity contribution < 1.29 is 8.42 Å². The highest BCUT2D eigenvalue weighted by Gasteiger charge is 2.17. The zero-order chi connectivity index (χ0) is 16.4. The van der Waals surface area contributed by atoms with Gasteiger partial charge in [0.05, 0.1) is 12.7 Å². The SMILES string of the molecule is Cc1ccccc1Cn1ccc(NS(=O)(=O)c2cnn(C)c2)n1. The van der Waals surface area contributed by atoms with Crippen LogP contribution in [0.1, 0.15) is 11.1 Å². The highest BCUT2D eigenvalue weighted by molar-refractivity contribution is 7.92. The Morgan fingerprint density at radius 2 is 2.00 bits per heavy atom. The first-order chi connectivity index (χ1) is 10.9. The monoisotopic (exact) mass is 331 g/mol. The van der Waals surface area contributed by atoms with Crippen molar-refractivity contribution in [2.45, 2.75) is 18.4 Å². The highest BCUT2D eigenvalue weighted by atomic mass is 32.2. The Morgan fingerprint density at radius 1 is 1.22 bits per heavy atom. The van der Waals surface area contributed by atoms with Gasteiger partial charge in [0.25, 0.3) is 10.0 Å². The number of aromatic nitrogens is 4. The second-order valence-corrected chi connectivity index (χ2v) is 6.96. The van der Waals surface area contributed by atoms with Crippen molar-refractivity contribution in [3.63, 3.8) is 0 Å². The summed E-state index contributed by atoms with van der Waals surface area (Å²) < 4.78 is 30.0. The van der Waals surface area contributed by atoms with E-state index in [1.807, 2.05) is 31.2 Å². The van der Waals surface area contributed by atoms with Crippen LogP contribution >= 0.6 is 0 Å². The molecule has 0 aliphatic carbocycles. The fourth-order valence-electron chi connectivity index (χ4n) is 2.20. The number of anilines is 1. The van der Waals surface area contributed by atoms with E-state index in [0.29, 0.717) is 6.54 Å². The van der Waals surface area contributed by atoms with E-state index >= 15 is 0 Å². The van der Waals surface area contributed by atoms with Crippen LogP contribution in [0.25, 0.3) is 0 Å². The standard InChI is InChI=1S/C15H17N5O2S/c1-12-5-3-4-6-13(12)10-20-8-7-15(17-20)18-23(21,22)14-9-16-19(2)11-14/h3-9,11H,10H2,1-2H3,(H,17,18). The lowest BCUT2D eigenvalue weighted by atomic mass is 10.1. The molecule has 0 fully saturated rings. The zero-order valence-corrected chi connectivity index (χ0v) is 13.7. The van der Waals surface area contributed by atoms with Crippen LogP contribution in [0, 0.1) is 6.92 Å². The highest BCUT2D eigenvalue weighted by Crippen LogP contribution is 2.14. The van der Waals surface area contributed by atoms with Gasteiger partial charge in [0.1, 0.15) is 4.90 Å². The fraction of sp³-hybridized carbons (Fsp3) is 0.200. The lowest BCUT2D eigenvalue weighted by Crippen LogP contribution is -2.13. The van der Waals surface area contributed by atoms with Gasteiger partial charge in [-0.3, -0.25) is 14.1 Å². The quantitative estimate of drug-likeness (QED) is 0.772. The van der Waals surface area contributed by atoms with Crippen molar-refractivity contribution in [1.82, 2.24) is 19.6 Å². The molecule has 8 heteroatoms. The minimum Gasteiger partial charge on any atom is -0.274 e. The van der Waals surface area contributed by atoms with E-state index in [1.165, 1.54) is 22.6 Å². The van der Waals surface area contributed by atoms with E-state index in [4.69, 9.17) is 0 Å². The molecule has 1 N–H and O–H groups in total. The third kappa shape index (κ3) is 3.42. The first kappa shape index (κ1) is 15.3. The molecule has 0 atom stereocenters. The predicted octanol–water partition coefficient (Wildman–Crippen LogP) is 1.77. The number of hydrogen-bond acceptors (Lipinski definition) is 4. The maximum atomic E-state index is 12.2. The fourth-order valence-corrected chi connectivity index (χ4v) is 3.18. The molecule has 2 aromatic heterocycles. The molecule has 0 amide bonds. The summed E-state index contributed by atoms with van der Waals surface area (Å²) >= 11 is 0. The van der Waals surface area contributed by atoms with Gasteiger partial charge in [0.2, 0.25) is 0 Å². The van der Waals surface area contributed by atoms with Crippen LogP contribution in [0.2, 0.25) is 0 Å². The number of hydrogen-bond donors (Lipinski definition) is 1. The summed E-state index contributed by atoms with van der Waals surface area (Å²) in [5.74, 6) is 0.280. The Morgan fingerprint density at radius 3 is 2.70 bits per heavy atom. The molecule has 2 heterocycles. The molecule has 0 spiro atoms. The summed E-state index contributed by atoms with van der Waals surface area (Å²) in [6.07, 6.45) is 4.48. The molecule has 0 aliphatic heterocycles. The van der Waals surface area contributed by atoms with Crippen molar-refractivity contribution in [3.8, 4) is 0 Å². The van der Waals surface area contributed by atoms with Crippen LogP contribution in [-0.4, -0.2) is 28.0 Å². The Kier molecular flexibility index (Phi) is 3.91. The normalized spacial score (nSPS) is 11.6. The van der Waals surface area contributed by atoms with Crippen LogP contribution in [0.5, 0.6) is 0 Å². The van der Waals surface area contributed by atoms with E-state index < -0.39 is 10.0 Å². The maximum Gasteiger partial charge on any atom is 0.266 e. The van der Waals surface area contributed by atoms with Crippen molar-refractivity contribution in [2.24, 2.45) is 7.05 Å². The average Bonchev–Trinajstić information content (AvgIpc) is 3.11. The molecule has 3 aromatic rings. The van der Waals surface area contributed by atoms with Crippen LogP contribution < -0.4 is 4.72 Å². The summed E-state index contributed by atoms with van der Waals surface area (Å²) in [5, 5.41) is 8.13. The van der Waals surface area contributed by atoms with Gasteiger partial charge in [-0.1, -0.05) is 24.3 Å². The van der Waals surface area contributed by atoms with Gasteiger partial charge < -0.3 is 0 Å². The number of nitrogens with zero attached hydrogens (tertiary/aromatic N) is 4. The molecule has 23 heavy (non-hydrogen) atoms. The molecule has 0 saturated heterocycles. The average molecular weight is 331 g/mol. The smallest absolute Gasteiger partial charge is 0.266 e. The molecule has 120 valence electrons. The van der Waals surface area contributed by atoms with E-state index in [1.54, 1.807) is 24.0 Å². The Bertz CT molecular complexity index is 927. The second-order valence-electron chi connectivity index (χ2n) is 5.28. The van der Waals surface area contributed by atoms with Crippen molar-refractivity contribution in [2.75, 3.05) is 4.72 Å². The van der Waals surface area contributed by atoms with Gasteiger partial charge in [0, 0.05) is 25.5 Å². The van der Waals surface area contributed by atoms with Gasteiger partial charge in [-0.05, 0) is 18.1 Å². The number of benzene rings is 1. The Hall–Kier alpha value is -2.61. The number of rotatable bonds is 5. The van der Waals surface area contributed by atoms with Crippen LogP contribution in [0.15, 0.2) is 53.8 Å². The van der Waals surface area contributed by atoms with Crippen LogP contribution in [0.4, 0.5) is 5.82 Å². The lowest BCUT2D eigenvalue weighted by molar-refractivity contribution is 0.600. The predicted molar refractivity (Wildman–Crippen MR) is 86.5 cm³/mol. The topological polar surface area (TPSA) is 81.8 Å². The summed E-state index contributed by atoms with van der Waals surface area (Å²) in [5.41, 5.74) is 2.30. The second kappa shape index (κ2) is 5.88. The van der Waals surface area contributed by atoms with E-state index in [2.05, 4.69) is 14.9 Å². The van der Waals surface area contributed by atoms with E-state index in [9.17, 15) is 8.42 Å². The van der Waals surface area contributed by atoms with Crippen LogP contribution in [-0.2, 0) is 23.6 Å². The summed E-state index contributed by atoms with van der Waals surface area (Å²) in [4.78, 5) is 0.105. The van der Waals surface area contributed by atoms with E-state index in [-0.39, 0.29) is 10.7 Å². The van der Waals surface area contributed by atoms with Gasteiger partial charge in [-0.25, -0.2) is 8.42 Å². The Balaban J connectivity index is 1.76. The Labute approximate surface area is 134 Å². The molecule has 0 aliphatic rings. The number of nitrogens with one attached hydrogen (secondary N) is 1. The minimum absolute atomic E-state index is 0.105. The first-order valence-corrected chi connectivity index (χ1v) is 8.52. The first-order valence-electron chi connectivity index (χ1n) is 7.03. The molecular formula is C15H17N5O2S. The van der Waals surface area contributed by atoms with Gasteiger partial charge in [-0.2, -0.15) is 10.2 Å². The third-order valence-corrected chi connectivity index (χ3v) is 4.77. The van der Waals surface area contributed by atoms with Crippen LogP contribution in [0.3, 0.4) is 0 Å². The van der Waals surface area contributed by atoms with Crippen molar-refractivity contribution in [1.29, 1.82) is 0 Å². The molecule has 0 bridgehead atoms. The van der Waals surface area contributed by atoms with Gasteiger partial charge in [-0.15, -0.1) is 0 Å². The minimum atomic E-state index is -3.67. The molecular weight excluding hydrogens is 314 g/mol. The molecule has 0 saturated carbocycles. The largest absolute Gasteiger partial charge is 0.274 e. The molecule has 3 rings (SSSR count). The molecule has 1 aromatic carbocycles. The maximum absolute atomic E-state index is 12.2. The lowest BCUT2D eigenvalue weighted by Gasteiger charge is -2.06. The molecule has 0 unspecified atom stereocenters.